The molecule has 1 aliphatic carbocycles. The number of para-hydroxylation sites is 1. The molecule has 2 N–H and O–H groups in total. The number of nitriles is 1. The van der Waals surface area contributed by atoms with Gasteiger partial charge in [-0.25, -0.2) is 4.99 Å². The summed E-state index contributed by atoms with van der Waals surface area (Å²) in [4.78, 5) is 5.19. The lowest BCUT2D eigenvalue weighted by Gasteiger charge is -2.32. The van der Waals surface area contributed by atoms with Gasteiger partial charge in [-0.15, -0.1) is 0 Å². The molecule has 0 fully saturated rings. The van der Waals surface area contributed by atoms with Crippen molar-refractivity contribution in [1.29, 1.82) is 5.26 Å². The second kappa shape index (κ2) is 10.8. The van der Waals surface area contributed by atoms with Gasteiger partial charge in [-0.3, -0.25) is 5.32 Å². The van der Waals surface area contributed by atoms with E-state index in [1.54, 1.807) is 0 Å². The van der Waals surface area contributed by atoms with Gasteiger partial charge < -0.3 is 9.88 Å². The van der Waals surface area contributed by atoms with Crippen LogP contribution in [0.5, 0.6) is 0 Å². The molecular formula is C43H33N5. The van der Waals surface area contributed by atoms with Crippen molar-refractivity contribution in [3.8, 4) is 22.9 Å². The monoisotopic (exact) mass is 619 g/mol. The van der Waals surface area contributed by atoms with Crippen molar-refractivity contribution in [3.05, 3.63) is 173 Å². The van der Waals surface area contributed by atoms with Crippen LogP contribution in [-0.2, 0) is 5.41 Å². The van der Waals surface area contributed by atoms with E-state index in [0.29, 0.717) is 5.56 Å². The highest BCUT2D eigenvalue weighted by Crippen LogP contribution is 2.51. The predicted molar refractivity (Wildman–Crippen MR) is 194 cm³/mol. The van der Waals surface area contributed by atoms with Gasteiger partial charge in [-0.1, -0.05) is 111 Å². The summed E-state index contributed by atoms with van der Waals surface area (Å²) in [6.45, 7) is 4.68. The molecule has 2 heterocycles. The fourth-order valence-electron chi connectivity index (χ4n) is 7.70. The average Bonchev–Trinajstić information content (AvgIpc) is 3.59. The molecule has 0 saturated heterocycles. The van der Waals surface area contributed by atoms with Gasteiger partial charge in [0.05, 0.1) is 22.7 Å². The van der Waals surface area contributed by atoms with Gasteiger partial charge in [0.15, 0.2) is 0 Å². The van der Waals surface area contributed by atoms with Gasteiger partial charge >= 0.3 is 0 Å². The first-order chi connectivity index (χ1) is 23.5. The SMILES string of the molecule is CC1(C)c2ccccc2-c2cc3c4ccccc4n(-c4cccc(C5N=C(c6cccc(C#N)c6)NC(c6ccccc6)N5)c4)c3cc21. The van der Waals surface area contributed by atoms with E-state index in [4.69, 9.17) is 4.99 Å². The van der Waals surface area contributed by atoms with Crippen molar-refractivity contribution in [3.63, 3.8) is 0 Å². The van der Waals surface area contributed by atoms with E-state index in [9.17, 15) is 5.26 Å². The van der Waals surface area contributed by atoms with Crippen LogP contribution in [0.1, 0.15) is 59.6 Å². The second-order valence-corrected chi connectivity index (χ2v) is 13.3. The van der Waals surface area contributed by atoms with Crippen LogP contribution in [0.3, 0.4) is 0 Å². The normalized spacial score (nSPS) is 17.7. The topological polar surface area (TPSA) is 65.1 Å². The Morgan fingerprint density at radius 1 is 0.667 bits per heavy atom. The lowest BCUT2D eigenvalue weighted by atomic mass is 9.82. The van der Waals surface area contributed by atoms with Gasteiger partial charge in [0, 0.05) is 27.4 Å². The molecule has 2 unspecified atom stereocenters. The molecule has 7 aromatic rings. The third-order valence-corrected chi connectivity index (χ3v) is 10.1. The van der Waals surface area contributed by atoms with Crippen LogP contribution in [0, 0.1) is 11.3 Å². The number of nitrogens with one attached hydrogen (secondary N) is 2. The zero-order valence-electron chi connectivity index (χ0n) is 26.8. The van der Waals surface area contributed by atoms with Crippen molar-refractivity contribution in [2.45, 2.75) is 31.6 Å². The third-order valence-electron chi connectivity index (χ3n) is 10.1. The molecule has 5 nitrogen and oxygen atoms in total. The number of hydrogen-bond donors (Lipinski definition) is 2. The maximum Gasteiger partial charge on any atom is 0.131 e. The van der Waals surface area contributed by atoms with Crippen LogP contribution in [0.2, 0.25) is 0 Å². The number of aliphatic imine (C=N–C) groups is 1. The minimum Gasteiger partial charge on any atom is -0.350 e. The summed E-state index contributed by atoms with van der Waals surface area (Å²) >= 11 is 0. The van der Waals surface area contributed by atoms with Gasteiger partial charge in [-0.2, -0.15) is 5.26 Å². The maximum absolute atomic E-state index is 9.59. The molecular weight excluding hydrogens is 587 g/mol. The number of aromatic nitrogens is 1. The van der Waals surface area contributed by atoms with Gasteiger partial charge in [0.25, 0.3) is 0 Å². The summed E-state index contributed by atoms with van der Waals surface area (Å²) in [6.07, 6.45) is -0.485. The average molecular weight is 620 g/mol. The Kier molecular flexibility index (Phi) is 6.36. The minimum atomic E-state index is -0.317. The quantitative estimate of drug-likeness (QED) is 0.206. The summed E-state index contributed by atoms with van der Waals surface area (Å²) in [5.74, 6) is 0.754. The van der Waals surface area contributed by atoms with Crippen molar-refractivity contribution in [1.82, 2.24) is 15.2 Å². The number of fused-ring (bicyclic) bond motifs is 6. The summed E-state index contributed by atoms with van der Waals surface area (Å²) in [7, 11) is 0. The Morgan fingerprint density at radius 3 is 2.31 bits per heavy atom. The summed E-state index contributed by atoms with van der Waals surface area (Å²) in [6, 6.07) is 51.4. The largest absolute Gasteiger partial charge is 0.350 e. The minimum absolute atomic E-state index is 0.0946. The Bertz CT molecular complexity index is 2460. The molecule has 48 heavy (non-hydrogen) atoms. The lowest BCUT2D eigenvalue weighted by Crippen LogP contribution is -2.45. The Hall–Kier alpha value is -5.96. The van der Waals surface area contributed by atoms with Crippen LogP contribution in [0.4, 0.5) is 0 Å². The van der Waals surface area contributed by atoms with Gasteiger partial charge in [-0.05, 0) is 75.8 Å². The number of amidine groups is 1. The van der Waals surface area contributed by atoms with Gasteiger partial charge in [0.1, 0.15) is 18.2 Å². The molecule has 0 bridgehead atoms. The molecule has 0 saturated carbocycles. The highest BCUT2D eigenvalue weighted by atomic mass is 15.3. The molecule has 0 spiro atoms. The molecule has 1 aromatic heterocycles. The fraction of sp³-hybridized carbons (Fsp3) is 0.116. The molecule has 2 aliphatic rings. The zero-order chi connectivity index (χ0) is 32.4. The number of benzene rings is 6. The molecule has 5 heteroatoms. The van der Waals surface area contributed by atoms with E-state index in [0.717, 1.165) is 28.2 Å². The van der Waals surface area contributed by atoms with Crippen molar-refractivity contribution in [2.75, 3.05) is 0 Å². The molecule has 9 rings (SSSR count). The van der Waals surface area contributed by atoms with E-state index in [1.165, 1.54) is 44.1 Å². The lowest BCUT2D eigenvalue weighted by molar-refractivity contribution is 0.409. The number of nitrogens with zero attached hydrogens (tertiary/aromatic N) is 3. The van der Waals surface area contributed by atoms with Crippen LogP contribution in [0.25, 0.3) is 38.6 Å². The van der Waals surface area contributed by atoms with Crippen molar-refractivity contribution in [2.24, 2.45) is 4.99 Å². The van der Waals surface area contributed by atoms with Crippen molar-refractivity contribution < 1.29 is 0 Å². The first-order valence-electron chi connectivity index (χ1n) is 16.4. The Labute approximate surface area is 279 Å². The molecule has 2 atom stereocenters. The smallest absolute Gasteiger partial charge is 0.131 e. The third kappa shape index (κ3) is 4.38. The second-order valence-electron chi connectivity index (χ2n) is 13.3. The molecule has 1 aliphatic heterocycles. The molecule has 0 amide bonds. The summed E-state index contributed by atoms with van der Waals surface area (Å²) in [5.41, 5.74) is 12.4. The number of hydrogen-bond acceptors (Lipinski definition) is 4. The summed E-state index contributed by atoms with van der Waals surface area (Å²) < 4.78 is 2.41. The standard InChI is InChI=1S/C43H33N5/c1-43(2)36-20-8-6-18-32(36)34-24-35-33-19-7-9-21-38(33)48(39(35)25-37(34)43)31-17-11-16-30(23-31)42-46-40(28-13-4-3-5-14-28)45-41(47-42)29-15-10-12-27(22-29)26-44/h3-25,40,42,46H,1-2H3,(H,45,47). The highest BCUT2D eigenvalue weighted by Gasteiger charge is 2.36. The number of rotatable bonds is 4. The Morgan fingerprint density at radius 2 is 1.44 bits per heavy atom. The van der Waals surface area contributed by atoms with Crippen molar-refractivity contribution >= 4 is 27.6 Å². The molecule has 230 valence electrons. The molecule has 0 radical (unpaired) electrons. The fourth-order valence-corrected chi connectivity index (χ4v) is 7.70. The maximum atomic E-state index is 9.59. The highest BCUT2D eigenvalue weighted by molar-refractivity contribution is 6.11. The zero-order valence-corrected chi connectivity index (χ0v) is 26.8. The van der Waals surface area contributed by atoms with Crippen LogP contribution in [-0.4, -0.2) is 10.4 Å². The summed E-state index contributed by atoms with van der Waals surface area (Å²) in [5, 5.41) is 19.4. The van der Waals surface area contributed by atoms with Crippen LogP contribution >= 0.6 is 0 Å². The van der Waals surface area contributed by atoms with Crippen LogP contribution in [0.15, 0.2) is 145 Å². The first kappa shape index (κ1) is 28.3. The van der Waals surface area contributed by atoms with E-state index in [1.807, 2.05) is 30.3 Å². The molecule has 6 aromatic carbocycles. The van der Waals surface area contributed by atoms with E-state index >= 15 is 0 Å². The van der Waals surface area contributed by atoms with E-state index < -0.39 is 0 Å². The first-order valence-corrected chi connectivity index (χ1v) is 16.4. The van der Waals surface area contributed by atoms with Gasteiger partial charge in [0.2, 0.25) is 0 Å². The van der Waals surface area contributed by atoms with Crippen LogP contribution < -0.4 is 10.6 Å². The predicted octanol–water partition coefficient (Wildman–Crippen LogP) is 9.30. The van der Waals surface area contributed by atoms with E-state index in [2.05, 4.69) is 144 Å². The van der Waals surface area contributed by atoms with E-state index in [-0.39, 0.29) is 17.7 Å². The Balaban J connectivity index is 1.20.